The van der Waals surface area contributed by atoms with Crippen LogP contribution in [0.5, 0.6) is 0 Å². The Morgan fingerprint density at radius 1 is 1.03 bits per heavy atom. The molecule has 2 aromatic carbocycles. The van der Waals surface area contributed by atoms with Gasteiger partial charge in [-0.25, -0.2) is 0 Å². The number of esters is 1. The minimum Gasteiger partial charge on any atom is -0.460 e. The van der Waals surface area contributed by atoms with Gasteiger partial charge in [-0.1, -0.05) is 56.5 Å². The zero-order valence-corrected chi connectivity index (χ0v) is 21.5. The second-order valence-corrected chi connectivity index (χ2v) is 11.0. The Morgan fingerprint density at radius 2 is 1.71 bits per heavy atom. The maximum Gasteiger partial charge on any atom is 0.310 e. The van der Waals surface area contributed by atoms with Crippen LogP contribution in [0.15, 0.2) is 48.5 Å². The van der Waals surface area contributed by atoms with Crippen LogP contribution in [-0.4, -0.2) is 23.1 Å². The van der Waals surface area contributed by atoms with Gasteiger partial charge >= 0.3 is 5.97 Å². The van der Waals surface area contributed by atoms with E-state index in [-0.39, 0.29) is 24.2 Å². The number of amides is 1. The number of fused-ring (bicyclic) bond motifs is 1. The number of ether oxygens (including phenoxy) is 1. The van der Waals surface area contributed by atoms with Crippen molar-refractivity contribution >= 4 is 28.9 Å². The first-order valence-corrected chi connectivity index (χ1v) is 13.0. The number of nitrogens with zero attached hydrogens (tertiary/aromatic N) is 1. The summed E-state index contributed by atoms with van der Waals surface area (Å²) < 4.78 is 5.61. The summed E-state index contributed by atoms with van der Waals surface area (Å²) in [6.45, 7) is 8.31. The van der Waals surface area contributed by atoms with E-state index in [1.54, 1.807) is 0 Å². The van der Waals surface area contributed by atoms with Crippen LogP contribution in [0.2, 0.25) is 0 Å². The van der Waals surface area contributed by atoms with Gasteiger partial charge in [-0.3, -0.25) is 9.59 Å². The molecule has 4 rings (SSSR count). The fraction of sp³-hybridized carbons (Fsp3) is 0.517. The summed E-state index contributed by atoms with van der Waals surface area (Å²) in [6, 6.07) is 16.2. The molecule has 35 heavy (non-hydrogen) atoms. The molecule has 0 saturated heterocycles. The van der Waals surface area contributed by atoms with E-state index in [0.717, 1.165) is 61.2 Å². The van der Waals surface area contributed by atoms with Crippen molar-refractivity contribution in [2.75, 3.05) is 15.5 Å². The molecule has 2 aliphatic rings. The summed E-state index contributed by atoms with van der Waals surface area (Å²) in [5, 5.41) is 7.13. The van der Waals surface area contributed by atoms with Crippen molar-refractivity contribution in [1.82, 2.24) is 0 Å². The lowest BCUT2D eigenvalue weighted by Crippen LogP contribution is -2.45. The zero-order valence-electron chi connectivity index (χ0n) is 21.5. The van der Waals surface area contributed by atoms with Crippen molar-refractivity contribution in [3.05, 3.63) is 54.1 Å². The fourth-order valence-electron chi connectivity index (χ4n) is 5.27. The number of carbonyl (C=O) groups is 2. The van der Waals surface area contributed by atoms with Crippen molar-refractivity contribution in [3.8, 4) is 0 Å². The second kappa shape index (κ2) is 10.3. The van der Waals surface area contributed by atoms with E-state index >= 15 is 0 Å². The molecule has 0 spiro atoms. The summed E-state index contributed by atoms with van der Waals surface area (Å²) in [5.41, 5.74) is 2.72. The molecule has 2 aromatic rings. The number of rotatable bonds is 8. The Morgan fingerprint density at radius 3 is 2.37 bits per heavy atom. The third kappa shape index (κ3) is 6.16. The average molecular weight is 478 g/mol. The van der Waals surface area contributed by atoms with Crippen molar-refractivity contribution in [2.24, 2.45) is 5.92 Å². The molecule has 0 aromatic heterocycles. The normalized spacial score (nSPS) is 19.5. The van der Waals surface area contributed by atoms with Gasteiger partial charge < -0.3 is 20.3 Å². The summed E-state index contributed by atoms with van der Waals surface area (Å²) >= 11 is 0. The monoisotopic (exact) mass is 477 g/mol. The largest absolute Gasteiger partial charge is 0.460 e. The van der Waals surface area contributed by atoms with Gasteiger partial charge in [0.1, 0.15) is 11.3 Å². The summed E-state index contributed by atoms with van der Waals surface area (Å²) in [4.78, 5) is 28.2. The van der Waals surface area contributed by atoms with Crippen molar-refractivity contribution in [1.29, 1.82) is 0 Å². The molecular weight excluding hydrogens is 438 g/mol. The van der Waals surface area contributed by atoms with Gasteiger partial charge in [-0.05, 0) is 63.8 Å². The third-order valence-corrected chi connectivity index (χ3v) is 6.76. The number of hydrogen-bond donors (Lipinski definition) is 2. The Labute approximate surface area is 209 Å². The predicted molar refractivity (Wildman–Crippen MR) is 141 cm³/mol. The van der Waals surface area contributed by atoms with Crippen LogP contribution in [0, 0.1) is 5.92 Å². The molecule has 1 amide bonds. The van der Waals surface area contributed by atoms with Crippen molar-refractivity contribution in [3.63, 3.8) is 0 Å². The van der Waals surface area contributed by atoms with Gasteiger partial charge in [-0.2, -0.15) is 0 Å². The van der Waals surface area contributed by atoms with E-state index in [1.165, 1.54) is 0 Å². The second-order valence-electron chi connectivity index (χ2n) is 11.0. The minimum absolute atomic E-state index is 0.0874. The van der Waals surface area contributed by atoms with E-state index in [9.17, 15) is 9.59 Å². The first kappa shape index (κ1) is 25.1. The van der Waals surface area contributed by atoms with E-state index in [4.69, 9.17) is 4.74 Å². The van der Waals surface area contributed by atoms with Crippen LogP contribution in [-0.2, 0) is 20.9 Å². The highest BCUT2D eigenvalue weighted by Crippen LogP contribution is 2.41. The number of nitrogens with one attached hydrogen (secondary N) is 2. The Bertz CT molecular complexity index is 1040. The SMILES string of the molecule is CCCC1(CC(=O)OC(C)(C)C)Nc2ccc(N(Cc3ccccc3)C(=O)C3CCCC3)cc2N1. The van der Waals surface area contributed by atoms with Gasteiger partial charge in [0, 0.05) is 11.6 Å². The number of anilines is 3. The third-order valence-electron chi connectivity index (χ3n) is 6.76. The highest BCUT2D eigenvalue weighted by atomic mass is 16.6. The summed E-state index contributed by atoms with van der Waals surface area (Å²) in [7, 11) is 0. The first-order valence-electron chi connectivity index (χ1n) is 13.0. The van der Waals surface area contributed by atoms with Gasteiger partial charge in [-0.15, -0.1) is 0 Å². The number of benzene rings is 2. The van der Waals surface area contributed by atoms with Crippen molar-refractivity contribution < 1.29 is 14.3 Å². The van der Waals surface area contributed by atoms with E-state index in [0.29, 0.717) is 6.54 Å². The number of carbonyl (C=O) groups excluding carboxylic acids is 2. The van der Waals surface area contributed by atoms with E-state index in [2.05, 4.69) is 29.7 Å². The molecule has 0 radical (unpaired) electrons. The quantitative estimate of drug-likeness (QED) is 0.426. The Kier molecular flexibility index (Phi) is 7.39. The van der Waals surface area contributed by atoms with Gasteiger partial charge in [0.05, 0.1) is 24.3 Å². The zero-order chi connectivity index (χ0) is 25.1. The van der Waals surface area contributed by atoms with Crippen LogP contribution >= 0.6 is 0 Å². The highest BCUT2D eigenvalue weighted by molar-refractivity contribution is 5.96. The molecule has 188 valence electrons. The molecule has 1 aliphatic heterocycles. The lowest BCUT2D eigenvalue weighted by Gasteiger charge is -2.31. The molecule has 1 atom stereocenters. The maximum atomic E-state index is 13.6. The molecule has 6 heteroatoms. The number of hydrogen-bond acceptors (Lipinski definition) is 5. The molecular formula is C29H39N3O3. The van der Waals surface area contributed by atoms with Crippen LogP contribution in [0.3, 0.4) is 0 Å². The van der Waals surface area contributed by atoms with Crippen LogP contribution in [0.1, 0.15) is 78.2 Å². The molecule has 1 heterocycles. The average Bonchev–Trinajstić information content (AvgIpc) is 3.44. The van der Waals surface area contributed by atoms with Gasteiger partial charge in [0.2, 0.25) is 5.91 Å². The smallest absolute Gasteiger partial charge is 0.310 e. The highest BCUT2D eigenvalue weighted by Gasteiger charge is 2.39. The van der Waals surface area contributed by atoms with Gasteiger partial charge in [0.25, 0.3) is 0 Å². The molecule has 1 aliphatic carbocycles. The Hall–Kier alpha value is -3.02. The maximum absolute atomic E-state index is 13.6. The molecule has 1 fully saturated rings. The predicted octanol–water partition coefficient (Wildman–Crippen LogP) is 6.48. The molecule has 1 saturated carbocycles. The van der Waals surface area contributed by atoms with E-state index < -0.39 is 11.3 Å². The standard InChI is InChI=1S/C29H39N3O3/c1-5-17-29(19-26(33)35-28(2,3)4)30-24-16-15-23(18-25(24)31-29)32(20-21-11-7-6-8-12-21)27(34)22-13-9-10-14-22/h6-8,11-12,15-16,18,22,30-31H,5,9-10,13-14,17,19-20H2,1-4H3. The Balaban J connectivity index is 1.59. The van der Waals surface area contributed by atoms with Crippen LogP contribution in [0.4, 0.5) is 17.1 Å². The van der Waals surface area contributed by atoms with Crippen molar-refractivity contribution in [2.45, 2.75) is 90.4 Å². The lowest BCUT2D eigenvalue weighted by atomic mass is 10.0. The molecule has 2 N–H and O–H groups in total. The molecule has 1 unspecified atom stereocenters. The molecule has 0 bridgehead atoms. The van der Waals surface area contributed by atoms with Gasteiger partial charge in [0.15, 0.2) is 0 Å². The molecule has 6 nitrogen and oxygen atoms in total. The fourth-order valence-corrected chi connectivity index (χ4v) is 5.27. The first-order chi connectivity index (χ1) is 16.7. The summed E-state index contributed by atoms with van der Waals surface area (Å²) in [5.74, 6) is 0.0522. The minimum atomic E-state index is -0.599. The van der Waals surface area contributed by atoms with Crippen LogP contribution < -0.4 is 15.5 Å². The summed E-state index contributed by atoms with van der Waals surface area (Å²) in [6.07, 6.45) is 6.06. The topological polar surface area (TPSA) is 70.7 Å². The lowest BCUT2D eigenvalue weighted by molar-refractivity contribution is -0.155. The van der Waals surface area contributed by atoms with Crippen LogP contribution in [0.25, 0.3) is 0 Å². The van der Waals surface area contributed by atoms with E-state index in [1.807, 2.05) is 62.1 Å².